The van der Waals surface area contributed by atoms with Crippen LogP contribution in [0.25, 0.3) is 0 Å². The van der Waals surface area contributed by atoms with Crippen LogP contribution >= 0.6 is 0 Å². The van der Waals surface area contributed by atoms with Gasteiger partial charge in [-0.1, -0.05) is 12.1 Å². The van der Waals surface area contributed by atoms with Crippen molar-refractivity contribution in [3.63, 3.8) is 0 Å². The molecule has 0 bridgehead atoms. The molecule has 1 atom stereocenters. The highest BCUT2D eigenvalue weighted by Crippen LogP contribution is 2.14. The number of carbonyl (C=O) groups excluding carboxylic acids is 1. The Morgan fingerprint density at radius 1 is 1.37 bits per heavy atom. The average molecular weight is 259 g/mol. The minimum atomic E-state index is -1.19. The zero-order valence-electron chi connectivity index (χ0n) is 10.6. The fourth-order valence-electron chi connectivity index (χ4n) is 1.38. The van der Waals surface area contributed by atoms with Crippen LogP contribution in [-0.4, -0.2) is 23.1 Å². The largest absolute Gasteiger partial charge is 0.478 e. The number of hydrogen-bond acceptors (Lipinski definition) is 4. The molecular formula is C14H13NO4. The number of esters is 1. The normalized spacial score (nSPS) is 12.4. The second kappa shape index (κ2) is 6.36. The van der Waals surface area contributed by atoms with Gasteiger partial charge in [0.1, 0.15) is 6.10 Å². The number of allylic oxidation sites excluding steroid dienone is 1. The van der Waals surface area contributed by atoms with E-state index in [1.54, 1.807) is 19.9 Å². The minimum Gasteiger partial charge on any atom is -0.478 e. The van der Waals surface area contributed by atoms with Gasteiger partial charge in [0, 0.05) is 6.08 Å². The molecule has 0 amide bonds. The first-order valence-electron chi connectivity index (χ1n) is 5.57. The van der Waals surface area contributed by atoms with Gasteiger partial charge in [-0.05, 0) is 31.6 Å². The van der Waals surface area contributed by atoms with Gasteiger partial charge in [-0.2, -0.15) is 5.26 Å². The maximum atomic E-state index is 11.9. The average Bonchev–Trinajstić information content (AvgIpc) is 2.38. The van der Waals surface area contributed by atoms with Crippen molar-refractivity contribution in [3.05, 3.63) is 47.0 Å². The zero-order valence-corrected chi connectivity index (χ0v) is 10.6. The molecule has 0 saturated carbocycles. The van der Waals surface area contributed by atoms with E-state index in [0.717, 1.165) is 0 Å². The van der Waals surface area contributed by atoms with Gasteiger partial charge >= 0.3 is 11.9 Å². The van der Waals surface area contributed by atoms with Gasteiger partial charge in [-0.25, -0.2) is 9.59 Å². The molecule has 19 heavy (non-hydrogen) atoms. The summed E-state index contributed by atoms with van der Waals surface area (Å²) in [5.74, 6) is -1.92. The Morgan fingerprint density at radius 3 is 2.47 bits per heavy atom. The van der Waals surface area contributed by atoms with E-state index in [9.17, 15) is 9.59 Å². The van der Waals surface area contributed by atoms with Crippen molar-refractivity contribution < 1.29 is 19.4 Å². The Labute approximate surface area is 110 Å². The van der Waals surface area contributed by atoms with Crippen molar-refractivity contribution in [2.24, 2.45) is 0 Å². The molecule has 1 aromatic rings. The highest BCUT2D eigenvalue weighted by atomic mass is 16.5. The third-order valence-corrected chi connectivity index (χ3v) is 2.59. The van der Waals surface area contributed by atoms with Gasteiger partial charge < -0.3 is 9.84 Å². The molecule has 0 radical (unpaired) electrons. The van der Waals surface area contributed by atoms with E-state index < -0.39 is 18.0 Å². The van der Waals surface area contributed by atoms with Crippen LogP contribution in [0, 0.1) is 11.3 Å². The van der Waals surface area contributed by atoms with Gasteiger partial charge in [0.05, 0.1) is 17.2 Å². The summed E-state index contributed by atoms with van der Waals surface area (Å²) in [5.41, 5.74) is 0.469. The molecular weight excluding hydrogens is 246 g/mol. The summed E-state index contributed by atoms with van der Waals surface area (Å²) in [6.45, 7) is 3.27. The number of benzene rings is 1. The maximum Gasteiger partial charge on any atom is 0.339 e. The molecule has 0 spiro atoms. The van der Waals surface area contributed by atoms with Gasteiger partial charge in [0.2, 0.25) is 0 Å². The van der Waals surface area contributed by atoms with Crippen LogP contribution in [0.2, 0.25) is 0 Å². The molecule has 1 N–H and O–H groups in total. The summed E-state index contributed by atoms with van der Waals surface area (Å²) in [4.78, 5) is 22.9. The lowest BCUT2D eigenvalue weighted by Crippen LogP contribution is -2.18. The van der Waals surface area contributed by atoms with Crippen LogP contribution in [0.15, 0.2) is 35.9 Å². The summed E-state index contributed by atoms with van der Waals surface area (Å²) in [5, 5.41) is 17.5. The third kappa shape index (κ3) is 3.68. The minimum absolute atomic E-state index is 0.00777. The van der Waals surface area contributed by atoms with Crippen molar-refractivity contribution in [1.82, 2.24) is 0 Å². The van der Waals surface area contributed by atoms with Gasteiger partial charge in [-0.15, -0.1) is 0 Å². The Balaban J connectivity index is 2.94. The van der Waals surface area contributed by atoms with Crippen molar-refractivity contribution in [3.8, 4) is 6.07 Å². The molecule has 1 aromatic carbocycles. The van der Waals surface area contributed by atoms with E-state index in [1.807, 2.05) is 6.07 Å². The van der Waals surface area contributed by atoms with Crippen LogP contribution in [0.4, 0.5) is 0 Å². The molecule has 5 heteroatoms. The van der Waals surface area contributed by atoms with E-state index in [4.69, 9.17) is 15.1 Å². The number of nitriles is 1. The van der Waals surface area contributed by atoms with E-state index in [1.165, 1.54) is 24.3 Å². The van der Waals surface area contributed by atoms with Gasteiger partial charge in [-0.3, -0.25) is 0 Å². The molecule has 5 nitrogen and oxygen atoms in total. The monoisotopic (exact) mass is 259 g/mol. The fraction of sp³-hybridized carbons (Fsp3) is 0.214. The molecule has 98 valence electrons. The lowest BCUT2D eigenvalue weighted by atomic mass is 10.1. The van der Waals surface area contributed by atoms with Crippen LogP contribution in [0.5, 0.6) is 0 Å². The summed E-state index contributed by atoms with van der Waals surface area (Å²) in [6.07, 6.45) is 0.690. The lowest BCUT2D eigenvalue weighted by Gasteiger charge is -2.14. The van der Waals surface area contributed by atoms with Crippen LogP contribution in [0.1, 0.15) is 34.6 Å². The number of ether oxygens (including phenoxy) is 1. The Kier molecular flexibility index (Phi) is 4.84. The summed E-state index contributed by atoms with van der Waals surface area (Å²) in [6, 6.07) is 7.66. The number of carboxylic acid groups (broad SMARTS) is 1. The van der Waals surface area contributed by atoms with Gasteiger partial charge in [0.25, 0.3) is 0 Å². The topological polar surface area (TPSA) is 87.4 Å². The predicted molar refractivity (Wildman–Crippen MR) is 67.6 cm³/mol. The van der Waals surface area contributed by atoms with Crippen LogP contribution in [0.3, 0.4) is 0 Å². The predicted octanol–water partition coefficient (Wildman–Crippen LogP) is 2.40. The first kappa shape index (κ1) is 14.5. The SMILES string of the molecule is C/C(=C\C#N)[C@@H](C)OC(=O)c1ccccc1C(=O)O. The second-order valence-electron chi connectivity index (χ2n) is 3.92. The maximum absolute atomic E-state index is 11.9. The Morgan fingerprint density at radius 2 is 1.95 bits per heavy atom. The van der Waals surface area contributed by atoms with Gasteiger partial charge in [0.15, 0.2) is 0 Å². The van der Waals surface area contributed by atoms with E-state index in [0.29, 0.717) is 5.57 Å². The van der Waals surface area contributed by atoms with E-state index in [2.05, 4.69) is 0 Å². The molecule has 0 aliphatic rings. The van der Waals surface area contributed by atoms with Crippen LogP contribution in [-0.2, 0) is 4.74 Å². The number of nitrogens with zero attached hydrogens (tertiary/aromatic N) is 1. The second-order valence-corrected chi connectivity index (χ2v) is 3.92. The summed E-state index contributed by atoms with van der Waals surface area (Å²) >= 11 is 0. The number of hydrogen-bond donors (Lipinski definition) is 1. The first-order chi connectivity index (χ1) is 8.97. The van der Waals surface area contributed by atoms with Crippen molar-refractivity contribution in [2.45, 2.75) is 20.0 Å². The standard InChI is InChI=1S/C14H13NO4/c1-9(7-8-15)10(2)19-14(18)12-6-4-3-5-11(12)13(16)17/h3-7,10H,1-2H3,(H,16,17)/b9-7+/t10-/m1/s1. The number of carbonyl (C=O) groups is 2. The Hall–Kier alpha value is -2.61. The molecule has 0 saturated heterocycles. The van der Waals surface area contributed by atoms with Crippen molar-refractivity contribution in [1.29, 1.82) is 5.26 Å². The zero-order chi connectivity index (χ0) is 14.4. The smallest absolute Gasteiger partial charge is 0.339 e. The quantitative estimate of drug-likeness (QED) is 0.662. The van der Waals surface area contributed by atoms with Crippen molar-refractivity contribution in [2.75, 3.05) is 0 Å². The molecule has 0 aromatic heterocycles. The molecule has 0 heterocycles. The number of aromatic carboxylic acids is 1. The molecule has 1 rings (SSSR count). The molecule has 0 fully saturated rings. The van der Waals surface area contributed by atoms with E-state index in [-0.39, 0.29) is 11.1 Å². The first-order valence-corrected chi connectivity index (χ1v) is 5.57. The summed E-state index contributed by atoms with van der Waals surface area (Å²) in [7, 11) is 0. The third-order valence-electron chi connectivity index (χ3n) is 2.59. The Bertz CT molecular complexity index is 569. The number of rotatable bonds is 4. The van der Waals surface area contributed by atoms with Crippen LogP contribution < -0.4 is 0 Å². The number of carboxylic acids is 1. The van der Waals surface area contributed by atoms with E-state index >= 15 is 0 Å². The fourth-order valence-corrected chi connectivity index (χ4v) is 1.38. The highest BCUT2D eigenvalue weighted by Gasteiger charge is 2.19. The van der Waals surface area contributed by atoms with Crippen molar-refractivity contribution >= 4 is 11.9 Å². The highest BCUT2D eigenvalue weighted by molar-refractivity contribution is 6.02. The molecule has 0 aliphatic carbocycles. The summed E-state index contributed by atoms with van der Waals surface area (Å²) < 4.78 is 5.12. The molecule has 0 unspecified atom stereocenters. The lowest BCUT2D eigenvalue weighted by molar-refractivity contribution is 0.0399. The molecule has 0 aliphatic heterocycles.